The highest BCUT2D eigenvalue weighted by atomic mass is 16.5. The summed E-state index contributed by atoms with van der Waals surface area (Å²) in [4.78, 5) is 15.8. The Morgan fingerprint density at radius 2 is 0.569 bits per heavy atom. The van der Waals surface area contributed by atoms with E-state index in [2.05, 4.69) is 143 Å². The van der Waals surface area contributed by atoms with Crippen LogP contribution in [-0.4, -0.2) is 9.97 Å². The highest BCUT2D eigenvalue weighted by Gasteiger charge is 2.28. The molecule has 11 aromatic rings. The first kappa shape index (κ1) is 31.3. The monoisotopic (exact) mass is 742 g/mol. The second-order valence-electron chi connectivity index (χ2n) is 14.9. The zero-order valence-corrected chi connectivity index (χ0v) is 30.9. The van der Waals surface area contributed by atoms with Crippen LogP contribution in [0.25, 0.3) is 65.2 Å². The minimum absolute atomic E-state index is 0.813. The summed E-state index contributed by atoms with van der Waals surface area (Å²) in [6.07, 6.45) is 0. The van der Waals surface area contributed by atoms with Crippen LogP contribution in [0.3, 0.4) is 0 Å². The van der Waals surface area contributed by atoms with Crippen molar-refractivity contribution in [2.75, 3.05) is 9.80 Å². The van der Waals surface area contributed by atoms with Crippen molar-refractivity contribution < 1.29 is 9.47 Å². The van der Waals surface area contributed by atoms with Crippen LogP contribution < -0.4 is 19.3 Å². The Hall–Kier alpha value is -7.96. The Labute approximate surface area is 332 Å². The summed E-state index contributed by atoms with van der Waals surface area (Å²) in [6.45, 7) is 0. The lowest BCUT2D eigenvalue weighted by atomic mass is 9.96. The van der Waals surface area contributed by atoms with Crippen LogP contribution in [0, 0.1) is 0 Å². The largest absolute Gasteiger partial charge is 0.453 e. The van der Waals surface area contributed by atoms with Gasteiger partial charge >= 0.3 is 0 Å². The molecule has 0 aliphatic carbocycles. The average Bonchev–Trinajstić information content (AvgIpc) is 3.29. The maximum atomic E-state index is 6.42. The molecule has 1 aromatic heterocycles. The first-order valence-corrected chi connectivity index (χ1v) is 19.5. The summed E-state index contributed by atoms with van der Waals surface area (Å²) >= 11 is 0. The fraction of sp³-hybridized carbons (Fsp3) is 0. The third-order valence-electron chi connectivity index (χ3n) is 11.7. The molecule has 0 unspecified atom stereocenters. The highest BCUT2D eigenvalue weighted by molar-refractivity contribution is 6.29. The summed E-state index contributed by atoms with van der Waals surface area (Å²) < 4.78 is 12.8. The Kier molecular flexibility index (Phi) is 6.35. The number of ether oxygens (including phenoxy) is 2. The Bertz CT molecular complexity index is 3240. The lowest BCUT2D eigenvalue weighted by Gasteiger charge is -2.33. The quantitative estimate of drug-likeness (QED) is 0.130. The smallest absolute Gasteiger partial charge is 0.151 e. The van der Waals surface area contributed by atoms with Crippen molar-refractivity contribution in [2.24, 2.45) is 0 Å². The summed E-state index contributed by atoms with van der Waals surface area (Å²) in [6, 6.07) is 63.5. The molecule has 2 aliphatic heterocycles. The number of nitrogens with zero attached hydrogens (tertiary/aromatic N) is 4. The minimum atomic E-state index is 0.813. The van der Waals surface area contributed by atoms with E-state index in [1.54, 1.807) is 0 Å². The van der Waals surface area contributed by atoms with E-state index >= 15 is 0 Å². The van der Waals surface area contributed by atoms with Crippen molar-refractivity contribution in [3.05, 3.63) is 182 Å². The van der Waals surface area contributed by atoms with Crippen molar-refractivity contribution >= 4 is 99.3 Å². The predicted octanol–water partition coefficient (Wildman–Crippen LogP) is 14.5. The van der Waals surface area contributed by atoms with E-state index in [0.717, 1.165) is 112 Å². The number of rotatable bonds is 2. The first-order valence-electron chi connectivity index (χ1n) is 19.5. The zero-order valence-electron chi connectivity index (χ0n) is 30.9. The zero-order chi connectivity index (χ0) is 37.9. The average molecular weight is 743 g/mol. The van der Waals surface area contributed by atoms with Gasteiger partial charge in [-0.25, -0.2) is 9.97 Å². The van der Waals surface area contributed by atoms with Gasteiger partial charge in [-0.05, 0) is 94.3 Å². The number of para-hydroxylation sites is 8. The summed E-state index contributed by atoms with van der Waals surface area (Å²) in [5, 5.41) is 8.77. The molecule has 0 atom stereocenters. The molecule has 0 spiro atoms. The normalized spacial score (nSPS) is 13.0. The molecule has 0 fully saturated rings. The highest BCUT2D eigenvalue weighted by Crippen LogP contribution is 2.53. The van der Waals surface area contributed by atoms with Gasteiger partial charge in [0.25, 0.3) is 0 Å². The van der Waals surface area contributed by atoms with Crippen molar-refractivity contribution in [2.45, 2.75) is 0 Å². The van der Waals surface area contributed by atoms with E-state index in [1.165, 1.54) is 10.8 Å². The first-order chi connectivity index (χ1) is 28.8. The third-order valence-corrected chi connectivity index (χ3v) is 11.7. The predicted molar refractivity (Wildman–Crippen MR) is 237 cm³/mol. The molecular weight excluding hydrogens is 713 g/mol. The van der Waals surface area contributed by atoms with Gasteiger partial charge < -0.3 is 19.3 Å². The molecule has 10 aromatic carbocycles. The molecule has 58 heavy (non-hydrogen) atoms. The molecule has 0 N–H and O–H groups in total. The van der Waals surface area contributed by atoms with Gasteiger partial charge in [-0.15, -0.1) is 0 Å². The Morgan fingerprint density at radius 3 is 0.931 bits per heavy atom. The maximum Gasteiger partial charge on any atom is 0.151 e. The number of hydrogen-bond acceptors (Lipinski definition) is 6. The van der Waals surface area contributed by atoms with E-state index < -0.39 is 0 Å². The van der Waals surface area contributed by atoms with Gasteiger partial charge in [-0.1, -0.05) is 109 Å². The van der Waals surface area contributed by atoms with Gasteiger partial charge in [0.1, 0.15) is 0 Å². The van der Waals surface area contributed by atoms with Crippen LogP contribution in [0.1, 0.15) is 0 Å². The van der Waals surface area contributed by atoms with E-state index in [4.69, 9.17) is 19.4 Å². The van der Waals surface area contributed by atoms with Crippen LogP contribution in [-0.2, 0) is 0 Å². The summed E-state index contributed by atoms with van der Waals surface area (Å²) in [5.41, 5.74) is 9.53. The van der Waals surface area contributed by atoms with Crippen molar-refractivity contribution in [3.8, 4) is 23.0 Å². The maximum absolute atomic E-state index is 6.42. The van der Waals surface area contributed by atoms with Gasteiger partial charge in [0.15, 0.2) is 23.0 Å². The molecule has 270 valence electrons. The van der Waals surface area contributed by atoms with Crippen LogP contribution in [0.15, 0.2) is 182 Å². The molecular formula is C52H30N4O2. The molecule has 0 amide bonds. The van der Waals surface area contributed by atoms with Crippen LogP contribution in [0.2, 0.25) is 0 Å². The van der Waals surface area contributed by atoms with Gasteiger partial charge in [-0.2, -0.15) is 0 Å². The number of aromatic nitrogens is 2. The molecule has 0 radical (unpaired) electrons. The van der Waals surface area contributed by atoms with E-state index in [9.17, 15) is 0 Å². The van der Waals surface area contributed by atoms with Crippen LogP contribution >= 0.6 is 0 Å². The number of anilines is 6. The SMILES string of the molecule is c1ccc2c(c1)Oc1ccccc1N2c1ccc2c(c1)c1cc(N3c4ccccc4Oc4ccccc43)ccc1c1nc3c4ccccc4c4ccccc4c3nc21. The van der Waals surface area contributed by atoms with Crippen molar-refractivity contribution in [1.82, 2.24) is 9.97 Å². The second kappa shape index (κ2) is 11.8. The summed E-state index contributed by atoms with van der Waals surface area (Å²) in [7, 11) is 0. The van der Waals surface area contributed by atoms with Crippen molar-refractivity contribution in [1.29, 1.82) is 0 Å². The molecule has 0 bridgehead atoms. The fourth-order valence-electron chi connectivity index (χ4n) is 9.20. The van der Waals surface area contributed by atoms with Crippen LogP contribution in [0.5, 0.6) is 23.0 Å². The van der Waals surface area contributed by atoms with Gasteiger partial charge in [0.2, 0.25) is 0 Å². The molecule has 6 nitrogen and oxygen atoms in total. The Morgan fingerprint density at radius 1 is 0.276 bits per heavy atom. The number of fused-ring (bicyclic) bond motifs is 16. The lowest BCUT2D eigenvalue weighted by molar-refractivity contribution is 0.477. The van der Waals surface area contributed by atoms with Crippen molar-refractivity contribution in [3.63, 3.8) is 0 Å². The van der Waals surface area contributed by atoms with E-state index in [1.807, 2.05) is 48.5 Å². The molecule has 0 saturated heterocycles. The Balaban J connectivity index is 1.15. The molecule has 2 aliphatic rings. The summed E-state index contributed by atoms with van der Waals surface area (Å²) in [5.74, 6) is 3.25. The van der Waals surface area contributed by atoms with Gasteiger partial charge in [0, 0.05) is 32.9 Å². The second-order valence-corrected chi connectivity index (χ2v) is 14.9. The molecule has 13 rings (SSSR count). The molecule has 0 saturated carbocycles. The minimum Gasteiger partial charge on any atom is -0.453 e. The van der Waals surface area contributed by atoms with Crippen LogP contribution in [0.4, 0.5) is 34.1 Å². The molecule has 3 heterocycles. The fourth-order valence-corrected chi connectivity index (χ4v) is 9.20. The lowest BCUT2D eigenvalue weighted by Crippen LogP contribution is -2.16. The standard InChI is InChI=1S/C52H30N4O2/c1-3-15-35-33(13-1)34-14-2-4-16-36(34)50-49(35)53-51-37-27-25-31(55-41-17-5-9-21-45(41)57-46-22-10-6-18-42(46)55)29-39(37)40-30-32(26-28-38(40)52(51)54-50)56-43-19-7-11-23-47(43)58-48-24-12-8-20-44(48)56/h1-30H. The third kappa shape index (κ3) is 4.37. The van der Waals surface area contributed by atoms with E-state index in [-0.39, 0.29) is 0 Å². The van der Waals surface area contributed by atoms with E-state index in [0.29, 0.717) is 0 Å². The molecule has 6 heteroatoms. The van der Waals surface area contributed by atoms with Gasteiger partial charge in [-0.3, -0.25) is 0 Å². The number of hydrogen-bond donors (Lipinski definition) is 0. The van der Waals surface area contributed by atoms with Gasteiger partial charge in [0.05, 0.1) is 44.8 Å². The topological polar surface area (TPSA) is 50.7 Å². The number of benzene rings is 10.